The van der Waals surface area contributed by atoms with Gasteiger partial charge in [0.2, 0.25) is 5.91 Å². The molecule has 0 saturated heterocycles. The van der Waals surface area contributed by atoms with E-state index in [4.69, 9.17) is 4.74 Å². The molecule has 1 heterocycles. The first kappa shape index (κ1) is 27.5. The van der Waals surface area contributed by atoms with Crippen LogP contribution in [0.25, 0.3) is 11.1 Å². The predicted molar refractivity (Wildman–Crippen MR) is 159 cm³/mol. The zero-order valence-electron chi connectivity index (χ0n) is 24.2. The zero-order valence-corrected chi connectivity index (χ0v) is 24.2. The molecule has 0 atom stereocenters. The van der Waals surface area contributed by atoms with Gasteiger partial charge in [-0.25, -0.2) is 0 Å². The van der Waals surface area contributed by atoms with Crippen molar-refractivity contribution in [2.45, 2.75) is 90.5 Å². The van der Waals surface area contributed by atoms with Crippen molar-refractivity contribution in [1.29, 1.82) is 0 Å². The highest BCUT2D eigenvalue weighted by atomic mass is 16.5. The SMILES string of the molecule is COc1ccc([C@H]2CC[C@H](CN(C(=O)C3CCCCC3)c3cccc(-c4cnn(C(C)C)c4)c3)CC2)cc1C. The summed E-state index contributed by atoms with van der Waals surface area (Å²) in [5.41, 5.74) is 5.90. The number of aromatic nitrogens is 2. The number of benzene rings is 2. The Balaban J connectivity index is 1.33. The molecule has 0 aliphatic heterocycles. The quantitative estimate of drug-likeness (QED) is 0.296. The van der Waals surface area contributed by atoms with E-state index in [0.717, 1.165) is 54.8 Å². The van der Waals surface area contributed by atoms with Gasteiger partial charge in [-0.2, -0.15) is 5.10 Å². The van der Waals surface area contributed by atoms with E-state index in [0.29, 0.717) is 23.8 Å². The first-order chi connectivity index (χ1) is 18.9. The topological polar surface area (TPSA) is 47.4 Å². The summed E-state index contributed by atoms with van der Waals surface area (Å²) in [5.74, 6) is 2.57. The van der Waals surface area contributed by atoms with Gasteiger partial charge in [0, 0.05) is 36.0 Å². The van der Waals surface area contributed by atoms with Crippen LogP contribution in [-0.2, 0) is 4.79 Å². The van der Waals surface area contributed by atoms with Gasteiger partial charge in [-0.3, -0.25) is 9.48 Å². The number of hydrogen-bond acceptors (Lipinski definition) is 3. The fourth-order valence-corrected chi connectivity index (χ4v) is 6.61. The molecule has 2 aliphatic rings. The number of nitrogens with zero attached hydrogens (tertiary/aromatic N) is 3. The van der Waals surface area contributed by atoms with E-state index in [-0.39, 0.29) is 5.92 Å². The molecule has 5 nitrogen and oxygen atoms in total. The number of carbonyl (C=O) groups is 1. The Morgan fingerprint density at radius 1 is 1.00 bits per heavy atom. The highest BCUT2D eigenvalue weighted by Crippen LogP contribution is 2.39. The summed E-state index contributed by atoms with van der Waals surface area (Å²) in [6.07, 6.45) is 14.4. The van der Waals surface area contributed by atoms with Crippen LogP contribution in [0, 0.1) is 18.8 Å². The van der Waals surface area contributed by atoms with Gasteiger partial charge >= 0.3 is 0 Å². The molecule has 5 rings (SSSR count). The second kappa shape index (κ2) is 12.4. The van der Waals surface area contributed by atoms with Crippen LogP contribution in [0.5, 0.6) is 5.75 Å². The summed E-state index contributed by atoms with van der Waals surface area (Å²) in [4.78, 5) is 16.1. The van der Waals surface area contributed by atoms with E-state index in [9.17, 15) is 4.79 Å². The molecule has 3 aromatic rings. The Morgan fingerprint density at radius 3 is 2.44 bits per heavy atom. The number of ether oxygens (including phenoxy) is 1. The molecule has 208 valence electrons. The van der Waals surface area contributed by atoms with Crippen LogP contribution in [0.2, 0.25) is 0 Å². The molecule has 0 unspecified atom stereocenters. The van der Waals surface area contributed by atoms with E-state index >= 15 is 0 Å². The largest absolute Gasteiger partial charge is 0.496 e. The normalized spacial score (nSPS) is 20.2. The standard InChI is InChI=1S/C34H45N3O2/c1-24(2)37-23-31(21-35-37)29-11-8-12-32(20-29)36(34(38)28-9-6-5-7-10-28)22-26-13-15-27(16-14-26)30-17-18-33(39-4)25(3)19-30/h8,11-12,17-21,23-24,26-28H,5-7,9-10,13-16,22H2,1-4H3/t26-,27-. The summed E-state index contributed by atoms with van der Waals surface area (Å²) >= 11 is 0. The number of rotatable bonds is 8. The molecule has 0 N–H and O–H groups in total. The lowest BCUT2D eigenvalue weighted by molar-refractivity contribution is -0.123. The van der Waals surface area contributed by atoms with Crippen LogP contribution in [0.4, 0.5) is 5.69 Å². The molecule has 2 saturated carbocycles. The van der Waals surface area contributed by atoms with Gasteiger partial charge in [0.15, 0.2) is 0 Å². The van der Waals surface area contributed by atoms with E-state index in [1.165, 1.54) is 43.2 Å². The number of aryl methyl sites for hydroxylation is 1. The minimum Gasteiger partial charge on any atom is -0.496 e. The van der Waals surface area contributed by atoms with E-state index in [2.05, 4.69) is 79.4 Å². The Morgan fingerprint density at radius 2 is 1.77 bits per heavy atom. The maximum absolute atomic E-state index is 14.0. The molecular weight excluding hydrogens is 482 g/mol. The van der Waals surface area contributed by atoms with Crippen molar-refractivity contribution < 1.29 is 9.53 Å². The average Bonchev–Trinajstić information content (AvgIpc) is 3.48. The van der Waals surface area contributed by atoms with Crippen LogP contribution in [0.3, 0.4) is 0 Å². The van der Waals surface area contributed by atoms with Crippen LogP contribution in [0.15, 0.2) is 54.9 Å². The molecule has 2 aliphatic carbocycles. The molecule has 0 radical (unpaired) electrons. The maximum Gasteiger partial charge on any atom is 0.230 e. The summed E-state index contributed by atoms with van der Waals surface area (Å²) < 4.78 is 7.46. The first-order valence-electron chi connectivity index (χ1n) is 15.0. The highest BCUT2D eigenvalue weighted by Gasteiger charge is 2.31. The highest BCUT2D eigenvalue weighted by molar-refractivity contribution is 5.95. The number of methoxy groups -OCH3 is 1. The molecule has 0 spiro atoms. The van der Waals surface area contributed by atoms with Crippen molar-refractivity contribution in [3.8, 4) is 16.9 Å². The molecule has 5 heteroatoms. The van der Waals surface area contributed by atoms with E-state index in [1.807, 2.05) is 10.9 Å². The molecule has 39 heavy (non-hydrogen) atoms. The van der Waals surface area contributed by atoms with Crippen molar-refractivity contribution >= 4 is 11.6 Å². The second-order valence-electron chi connectivity index (χ2n) is 12.1. The summed E-state index contributed by atoms with van der Waals surface area (Å²) in [7, 11) is 1.74. The number of amides is 1. The first-order valence-corrected chi connectivity index (χ1v) is 15.0. The lowest BCUT2D eigenvalue weighted by atomic mass is 9.78. The van der Waals surface area contributed by atoms with Gasteiger partial charge in [-0.05, 0) is 106 Å². The maximum atomic E-state index is 14.0. The molecule has 2 aromatic carbocycles. The second-order valence-corrected chi connectivity index (χ2v) is 12.1. The minimum absolute atomic E-state index is 0.157. The van der Waals surface area contributed by atoms with Crippen LogP contribution >= 0.6 is 0 Å². The lowest BCUT2D eigenvalue weighted by Crippen LogP contribution is -2.41. The van der Waals surface area contributed by atoms with Crippen molar-refractivity contribution in [2.24, 2.45) is 11.8 Å². The van der Waals surface area contributed by atoms with E-state index < -0.39 is 0 Å². The summed E-state index contributed by atoms with van der Waals surface area (Å²) in [6.45, 7) is 7.23. The molecule has 1 amide bonds. The fourth-order valence-electron chi connectivity index (χ4n) is 6.61. The van der Waals surface area contributed by atoms with Gasteiger partial charge in [0.05, 0.1) is 13.3 Å². The van der Waals surface area contributed by atoms with Crippen molar-refractivity contribution in [3.05, 3.63) is 66.0 Å². The van der Waals surface area contributed by atoms with Crippen molar-refractivity contribution in [3.63, 3.8) is 0 Å². The van der Waals surface area contributed by atoms with Crippen LogP contribution in [0.1, 0.15) is 94.7 Å². The molecular formula is C34H45N3O2. The monoisotopic (exact) mass is 527 g/mol. The molecule has 2 fully saturated rings. The number of anilines is 1. The lowest BCUT2D eigenvalue weighted by Gasteiger charge is -2.35. The minimum atomic E-state index is 0.157. The van der Waals surface area contributed by atoms with E-state index in [1.54, 1.807) is 7.11 Å². The third-order valence-electron chi connectivity index (χ3n) is 9.02. The van der Waals surface area contributed by atoms with Gasteiger partial charge in [-0.1, -0.05) is 43.5 Å². The van der Waals surface area contributed by atoms with Gasteiger partial charge in [-0.15, -0.1) is 0 Å². The molecule has 0 bridgehead atoms. The van der Waals surface area contributed by atoms with Gasteiger partial charge < -0.3 is 9.64 Å². The van der Waals surface area contributed by atoms with Crippen molar-refractivity contribution in [2.75, 3.05) is 18.6 Å². The van der Waals surface area contributed by atoms with Gasteiger partial charge in [0.1, 0.15) is 5.75 Å². The average molecular weight is 528 g/mol. The Labute approximate surface area is 234 Å². The van der Waals surface area contributed by atoms with Crippen molar-refractivity contribution in [1.82, 2.24) is 9.78 Å². The fraction of sp³-hybridized carbons (Fsp3) is 0.529. The van der Waals surface area contributed by atoms with Gasteiger partial charge in [0.25, 0.3) is 0 Å². The Kier molecular flexibility index (Phi) is 8.74. The smallest absolute Gasteiger partial charge is 0.230 e. The van der Waals surface area contributed by atoms with Crippen LogP contribution in [-0.4, -0.2) is 29.3 Å². The third-order valence-corrected chi connectivity index (χ3v) is 9.02. The molecule has 1 aromatic heterocycles. The van der Waals surface area contributed by atoms with Crippen LogP contribution < -0.4 is 9.64 Å². The number of carbonyl (C=O) groups excluding carboxylic acids is 1. The summed E-state index contributed by atoms with van der Waals surface area (Å²) in [5, 5.41) is 4.54. The Bertz CT molecular complexity index is 1250. The Hall–Kier alpha value is -3.08. The third kappa shape index (κ3) is 6.40. The number of hydrogen-bond donors (Lipinski definition) is 0. The zero-order chi connectivity index (χ0) is 27.4. The summed E-state index contributed by atoms with van der Waals surface area (Å²) in [6, 6.07) is 15.5. The predicted octanol–water partition coefficient (Wildman–Crippen LogP) is 8.34.